The van der Waals surface area contributed by atoms with Crippen molar-refractivity contribution in [1.29, 1.82) is 0 Å². The van der Waals surface area contributed by atoms with E-state index in [-0.39, 0.29) is 22.8 Å². The van der Waals surface area contributed by atoms with Gasteiger partial charge in [-0.05, 0) is 44.0 Å². The van der Waals surface area contributed by atoms with Crippen LogP contribution in [0, 0.1) is 11.6 Å². The number of aliphatic hydroxyl groups is 1. The number of carbonyl (C=O) groups is 3. The van der Waals surface area contributed by atoms with Crippen molar-refractivity contribution in [3.05, 3.63) is 58.7 Å². The molecule has 0 saturated carbocycles. The van der Waals surface area contributed by atoms with Gasteiger partial charge in [0.1, 0.15) is 23.0 Å². The molecule has 2 atom stereocenters. The molecule has 0 radical (unpaired) electrons. The van der Waals surface area contributed by atoms with Gasteiger partial charge in [0.05, 0.1) is 24.6 Å². The summed E-state index contributed by atoms with van der Waals surface area (Å²) in [6.07, 6.45) is -0.394. The number of aromatic nitrogens is 2. The van der Waals surface area contributed by atoms with Crippen LogP contribution in [0.15, 0.2) is 24.3 Å². The minimum atomic E-state index is -1.20. The van der Waals surface area contributed by atoms with Gasteiger partial charge in [-0.1, -0.05) is 13.8 Å². The van der Waals surface area contributed by atoms with Gasteiger partial charge in [0, 0.05) is 0 Å². The Morgan fingerprint density at radius 1 is 1.00 bits per heavy atom. The fourth-order valence-corrected chi connectivity index (χ4v) is 2.43. The van der Waals surface area contributed by atoms with Gasteiger partial charge in [-0.25, -0.2) is 28.3 Å². The van der Waals surface area contributed by atoms with Crippen LogP contribution in [0.3, 0.4) is 0 Å². The van der Waals surface area contributed by atoms with E-state index in [9.17, 15) is 28.3 Å². The maximum absolute atomic E-state index is 13.3. The summed E-state index contributed by atoms with van der Waals surface area (Å²) in [5, 5.41) is 20.3. The third kappa shape index (κ3) is 7.34. The number of carbonyl (C=O) groups excluding carboxylic acids is 2. The molecule has 2 unspecified atom stereocenters. The second-order valence-electron chi connectivity index (χ2n) is 6.48. The largest absolute Gasteiger partial charge is 0.477 e. The Morgan fingerprint density at radius 2 is 1.47 bits per heavy atom. The number of amides is 1. The molecule has 2 heterocycles. The molecule has 11 heteroatoms. The Morgan fingerprint density at radius 3 is 1.88 bits per heavy atom. The highest BCUT2D eigenvalue weighted by Gasteiger charge is 2.27. The molecule has 2 rings (SSSR count). The summed E-state index contributed by atoms with van der Waals surface area (Å²) in [5.41, 5.74) is 0.199. The molecule has 1 amide bonds. The number of pyridine rings is 2. The third-order valence-corrected chi connectivity index (χ3v) is 4.18. The van der Waals surface area contributed by atoms with Crippen molar-refractivity contribution in [3.8, 4) is 0 Å². The van der Waals surface area contributed by atoms with Gasteiger partial charge in [0.2, 0.25) is 0 Å². The zero-order chi connectivity index (χ0) is 24.4. The molecule has 174 valence electrons. The highest BCUT2D eigenvalue weighted by molar-refractivity contribution is 5.95. The number of methoxy groups -OCH3 is 1. The SMILES string of the molecule is CCc1nc(C(=O)NC(C(=O)OC)C(C)O)ccc1F.CCc1nc(C(=O)O)ccc1F. The number of aliphatic hydroxyl groups excluding tert-OH is 1. The highest BCUT2D eigenvalue weighted by Crippen LogP contribution is 2.08. The van der Waals surface area contributed by atoms with E-state index in [2.05, 4.69) is 20.0 Å². The summed E-state index contributed by atoms with van der Waals surface area (Å²) in [6, 6.07) is 3.41. The second kappa shape index (κ2) is 12.4. The van der Waals surface area contributed by atoms with E-state index in [1.165, 1.54) is 13.0 Å². The molecule has 9 nitrogen and oxygen atoms in total. The molecule has 0 saturated heterocycles. The van der Waals surface area contributed by atoms with Gasteiger partial charge >= 0.3 is 11.9 Å². The van der Waals surface area contributed by atoms with Crippen LogP contribution in [0.5, 0.6) is 0 Å². The number of aryl methyl sites for hydroxylation is 2. The average Bonchev–Trinajstić information content (AvgIpc) is 2.77. The quantitative estimate of drug-likeness (QED) is 0.541. The second-order valence-corrected chi connectivity index (χ2v) is 6.48. The van der Waals surface area contributed by atoms with Crippen LogP contribution >= 0.6 is 0 Å². The lowest BCUT2D eigenvalue weighted by molar-refractivity contribution is -0.145. The van der Waals surface area contributed by atoms with Gasteiger partial charge < -0.3 is 20.3 Å². The summed E-state index contributed by atoms with van der Waals surface area (Å²) in [6.45, 7) is 4.77. The van der Waals surface area contributed by atoms with Crippen molar-refractivity contribution in [2.24, 2.45) is 0 Å². The van der Waals surface area contributed by atoms with Crippen molar-refractivity contribution in [2.45, 2.75) is 45.8 Å². The van der Waals surface area contributed by atoms with Crippen LogP contribution in [0.2, 0.25) is 0 Å². The lowest BCUT2D eigenvalue weighted by Crippen LogP contribution is -2.48. The number of hydrogen-bond donors (Lipinski definition) is 3. The van der Waals surface area contributed by atoms with Crippen LogP contribution < -0.4 is 5.32 Å². The molecule has 0 aliphatic carbocycles. The molecule has 0 aliphatic heterocycles. The molecule has 32 heavy (non-hydrogen) atoms. The molecule has 0 aliphatic rings. The number of rotatable bonds is 7. The molecule has 0 spiro atoms. The summed E-state index contributed by atoms with van der Waals surface area (Å²) < 4.78 is 30.6. The van der Waals surface area contributed by atoms with Crippen molar-refractivity contribution in [2.75, 3.05) is 7.11 Å². The number of nitrogens with one attached hydrogen (secondary N) is 1. The maximum Gasteiger partial charge on any atom is 0.354 e. The highest BCUT2D eigenvalue weighted by atomic mass is 19.1. The first-order valence-electron chi connectivity index (χ1n) is 9.66. The normalized spacial score (nSPS) is 12.1. The van der Waals surface area contributed by atoms with Gasteiger partial charge in [0.15, 0.2) is 6.04 Å². The topological polar surface area (TPSA) is 139 Å². The summed E-state index contributed by atoms with van der Waals surface area (Å²) in [7, 11) is 1.15. The van der Waals surface area contributed by atoms with Gasteiger partial charge in [0.25, 0.3) is 5.91 Å². The van der Waals surface area contributed by atoms with Crippen molar-refractivity contribution in [3.63, 3.8) is 0 Å². The molecule has 2 aromatic heterocycles. The fourth-order valence-electron chi connectivity index (χ4n) is 2.43. The monoisotopic (exact) mass is 453 g/mol. The summed E-state index contributed by atoms with van der Waals surface area (Å²) in [4.78, 5) is 41.2. The first-order chi connectivity index (χ1) is 15.0. The number of halogens is 2. The number of ether oxygens (including phenoxy) is 1. The smallest absolute Gasteiger partial charge is 0.354 e. The molecule has 2 aromatic rings. The molecule has 0 aromatic carbocycles. The fraction of sp³-hybridized carbons (Fsp3) is 0.381. The minimum absolute atomic E-state index is 0.0298. The predicted octanol–water partition coefficient (Wildman–Crippen LogP) is 1.92. The number of nitrogens with zero attached hydrogens (tertiary/aromatic N) is 2. The lowest BCUT2D eigenvalue weighted by atomic mass is 10.1. The average molecular weight is 453 g/mol. The standard InChI is InChI=1S/C13H17FN2O4.C8H8FNO2/c1-4-9-8(14)5-6-10(15-9)12(18)16-11(7(2)17)13(19)20-3;1-2-6-5(9)3-4-7(10-6)8(11)12/h5-7,11,17H,4H2,1-3H3,(H,16,18);3-4H,2H2,1H3,(H,11,12). The van der Waals surface area contributed by atoms with Crippen LogP contribution in [-0.2, 0) is 22.4 Å². The van der Waals surface area contributed by atoms with Crippen LogP contribution in [0.1, 0.15) is 53.1 Å². The van der Waals surface area contributed by atoms with E-state index in [4.69, 9.17) is 5.11 Å². The Balaban J connectivity index is 0.000000363. The predicted molar refractivity (Wildman–Crippen MR) is 109 cm³/mol. The lowest BCUT2D eigenvalue weighted by Gasteiger charge is -2.18. The van der Waals surface area contributed by atoms with Gasteiger partial charge in [-0.3, -0.25) is 4.79 Å². The van der Waals surface area contributed by atoms with Crippen LogP contribution in [0.4, 0.5) is 8.78 Å². The first kappa shape index (κ1) is 26.6. The maximum atomic E-state index is 13.3. The van der Waals surface area contributed by atoms with Crippen molar-refractivity contribution in [1.82, 2.24) is 15.3 Å². The number of aromatic carboxylic acids is 1. The summed E-state index contributed by atoms with van der Waals surface area (Å²) in [5.74, 6) is -3.54. The zero-order valence-corrected chi connectivity index (χ0v) is 18.1. The molecular formula is C21H25F2N3O6. The number of carboxylic acid groups (broad SMARTS) is 1. The van der Waals surface area contributed by atoms with E-state index in [0.717, 1.165) is 25.3 Å². The number of carboxylic acids is 1. The summed E-state index contributed by atoms with van der Waals surface area (Å²) >= 11 is 0. The number of hydrogen-bond acceptors (Lipinski definition) is 7. The van der Waals surface area contributed by atoms with Crippen LogP contribution in [0.25, 0.3) is 0 Å². The molecule has 0 bridgehead atoms. The van der Waals surface area contributed by atoms with Crippen LogP contribution in [-0.4, -0.2) is 57.3 Å². The minimum Gasteiger partial charge on any atom is -0.477 e. The Kier molecular flexibility index (Phi) is 10.3. The Labute approximate surface area is 183 Å². The van der Waals surface area contributed by atoms with Gasteiger partial charge in [-0.2, -0.15) is 0 Å². The molecule has 0 fully saturated rings. The zero-order valence-electron chi connectivity index (χ0n) is 18.1. The Hall–Kier alpha value is -3.47. The third-order valence-electron chi connectivity index (χ3n) is 4.18. The van der Waals surface area contributed by atoms with E-state index in [1.54, 1.807) is 13.8 Å². The molecule has 3 N–H and O–H groups in total. The van der Waals surface area contributed by atoms with Gasteiger partial charge in [-0.15, -0.1) is 0 Å². The van der Waals surface area contributed by atoms with E-state index >= 15 is 0 Å². The van der Waals surface area contributed by atoms with Crippen molar-refractivity contribution >= 4 is 17.8 Å². The van der Waals surface area contributed by atoms with E-state index in [1.807, 2.05) is 0 Å². The Bertz CT molecular complexity index is 969. The first-order valence-corrected chi connectivity index (χ1v) is 9.66. The number of esters is 1. The van der Waals surface area contributed by atoms with E-state index < -0.39 is 41.6 Å². The molecular weight excluding hydrogens is 428 g/mol. The van der Waals surface area contributed by atoms with Crippen molar-refractivity contribution < 1.29 is 38.1 Å². The van der Waals surface area contributed by atoms with E-state index in [0.29, 0.717) is 12.8 Å².